The van der Waals surface area contributed by atoms with Crippen LogP contribution in [0, 0.1) is 5.92 Å². The third-order valence-corrected chi connectivity index (χ3v) is 6.89. The maximum Gasteiger partial charge on any atom is 0.133 e. The molecule has 0 aliphatic carbocycles. The third kappa shape index (κ3) is 3.90. The summed E-state index contributed by atoms with van der Waals surface area (Å²) in [5.41, 5.74) is 3.77. The van der Waals surface area contributed by atoms with Gasteiger partial charge < -0.3 is 14.5 Å². The van der Waals surface area contributed by atoms with Crippen LogP contribution in [0.1, 0.15) is 24.0 Å². The number of para-hydroxylation sites is 1. The van der Waals surface area contributed by atoms with Crippen LogP contribution in [-0.4, -0.2) is 37.2 Å². The fraction of sp³-hybridized carbons (Fsp3) is 0.385. The number of methoxy groups -OCH3 is 1. The summed E-state index contributed by atoms with van der Waals surface area (Å²) in [6.45, 7) is 3.31. The van der Waals surface area contributed by atoms with Gasteiger partial charge in [-0.05, 0) is 62.0 Å². The normalized spacial score (nSPS) is 25.4. The molecule has 4 heterocycles. The third-order valence-electron chi connectivity index (χ3n) is 6.89. The first-order valence-corrected chi connectivity index (χ1v) is 11.0. The van der Waals surface area contributed by atoms with Gasteiger partial charge in [0.2, 0.25) is 0 Å². The summed E-state index contributed by atoms with van der Waals surface area (Å²) < 4.78 is 11.1. The van der Waals surface area contributed by atoms with Crippen molar-refractivity contribution < 1.29 is 9.15 Å². The number of furan rings is 1. The molecule has 4 heteroatoms. The van der Waals surface area contributed by atoms with E-state index in [9.17, 15) is 0 Å². The lowest BCUT2D eigenvalue weighted by Gasteiger charge is -2.51. The molecular weight excluding hydrogens is 372 g/mol. The summed E-state index contributed by atoms with van der Waals surface area (Å²) in [5.74, 6) is 2.66. The fourth-order valence-corrected chi connectivity index (χ4v) is 5.28. The molecule has 3 aliphatic heterocycles. The number of benzene rings is 2. The first-order chi connectivity index (χ1) is 14.8. The van der Waals surface area contributed by atoms with Gasteiger partial charge in [0.15, 0.2) is 0 Å². The van der Waals surface area contributed by atoms with Crippen LogP contribution < -0.4 is 10.1 Å². The smallest absolute Gasteiger partial charge is 0.133 e. The second-order valence-corrected chi connectivity index (χ2v) is 8.54. The minimum atomic E-state index is 0.516. The van der Waals surface area contributed by atoms with Crippen molar-refractivity contribution in [2.75, 3.05) is 20.2 Å². The predicted molar refractivity (Wildman–Crippen MR) is 120 cm³/mol. The van der Waals surface area contributed by atoms with E-state index < -0.39 is 0 Å². The lowest BCUT2D eigenvalue weighted by atomic mass is 9.76. The molecule has 3 aliphatic rings. The highest BCUT2D eigenvalue weighted by atomic mass is 16.5. The quantitative estimate of drug-likeness (QED) is 0.619. The number of hydrogen-bond donors (Lipinski definition) is 1. The van der Waals surface area contributed by atoms with Crippen molar-refractivity contribution in [3.8, 4) is 17.1 Å². The zero-order valence-electron chi connectivity index (χ0n) is 17.6. The molecule has 156 valence electrons. The van der Waals surface area contributed by atoms with Crippen LogP contribution in [0.25, 0.3) is 11.3 Å². The van der Waals surface area contributed by atoms with Crippen molar-refractivity contribution in [2.45, 2.75) is 37.9 Å². The Kier molecular flexibility index (Phi) is 5.60. The molecule has 3 saturated heterocycles. The lowest BCUT2D eigenvalue weighted by molar-refractivity contribution is 0.0126. The molecule has 30 heavy (non-hydrogen) atoms. The van der Waals surface area contributed by atoms with Crippen molar-refractivity contribution in [2.24, 2.45) is 5.92 Å². The van der Waals surface area contributed by atoms with Crippen LogP contribution in [-0.2, 0) is 13.0 Å². The van der Waals surface area contributed by atoms with E-state index >= 15 is 0 Å². The van der Waals surface area contributed by atoms with E-state index in [0.29, 0.717) is 12.1 Å². The SMILES string of the molecule is COc1ccccc1CNC1C2CCN(CC2)C1Cc1ccc(-c2ccco2)cc1. The molecule has 3 fully saturated rings. The van der Waals surface area contributed by atoms with Gasteiger partial charge in [0, 0.05) is 29.8 Å². The molecular formula is C26H30N2O2. The number of hydrogen-bond acceptors (Lipinski definition) is 4. The molecule has 6 rings (SSSR count). The van der Waals surface area contributed by atoms with Crippen LogP contribution in [0.5, 0.6) is 5.75 Å². The molecule has 2 bridgehead atoms. The summed E-state index contributed by atoms with van der Waals surface area (Å²) >= 11 is 0. The summed E-state index contributed by atoms with van der Waals surface area (Å²) in [7, 11) is 1.75. The van der Waals surface area contributed by atoms with Crippen LogP contribution >= 0.6 is 0 Å². The lowest BCUT2D eigenvalue weighted by Crippen LogP contribution is -2.63. The maximum atomic E-state index is 5.55. The molecule has 3 aromatic rings. The summed E-state index contributed by atoms with van der Waals surface area (Å²) in [6.07, 6.45) is 5.42. The van der Waals surface area contributed by atoms with Crippen LogP contribution in [0.15, 0.2) is 71.3 Å². The van der Waals surface area contributed by atoms with Crippen LogP contribution in [0.4, 0.5) is 0 Å². The van der Waals surface area contributed by atoms with Crippen molar-refractivity contribution >= 4 is 0 Å². The number of ether oxygens (including phenoxy) is 1. The Morgan fingerprint density at radius 1 is 1.00 bits per heavy atom. The highest BCUT2D eigenvalue weighted by Gasteiger charge is 2.41. The Balaban J connectivity index is 1.31. The fourth-order valence-electron chi connectivity index (χ4n) is 5.28. The molecule has 2 aromatic carbocycles. The number of nitrogens with one attached hydrogen (secondary N) is 1. The van der Waals surface area contributed by atoms with Crippen molar-refractivity contribution in [1.82, 2.24) is 10.2 Å². The molecule has 0 saturated carbocycles. The second kappa shape index (κ2) is 8.66. The van der Waals surface area contributed by atoms with E-state index in [0.717, 1.165) is 36.0 Å². The number of piperidine rings is 3. The average Bonchev–Trinajstić information content (AvgIpc) is 3.35. The molecule has 0 radical (unpaired) electrons. The minimum Gasteiger partial charge on any atom is -0.496 e. The summed E-state index contributed by atoms with van der Waals surface area (Å²) in [6, 6.07) is 22.2. The first-order valence-electron chi connectivity index (χ1n) is 11.0. The molecule has 4 nitrogen and oxygen atoms in total. The molecule has 1 aromatic heterocycles. The van der Waals surface area contributed by atoms with Gasteiger partial charge in [0.05, 0.1) is 13.4 Å². The summed E-state index contributed by atoms with van der Waals surface area (Å²) in [5, 5.41) is 3.91. The molecule has 2 atom stereocenters. The standard InChI is InChI=1S/C26H30N2O2/c1-29-24-6-3-2-5-22(24)18-27-26-21-12-14-28(15-13-21)23(26)17-19-8-10-20(11-9-19)25-7-4-16-30-25/h2-11,16,21,23,26-27H,12-15,17-18H2,1H3. The minimum absolute atomic E-state index is 0.516. The summed E-state index contributed by atoms with van der Waals surface area (Å²) in [4.78, 5) is 2.69. The Morgan fingerprint density at radius 2 is 1.80 bits per heavy atom. The number of nitrogens with zero attached hydrogens (tertiary/aromatic N) is 1. The zero-order valence-corrected chi connectivity index (χ0v) is 17.6. The van der Waals surface area contributed by atoms with Gasteiger partial charge in [-0.3, -0.25) is 4.90 Å². The molecule has 0 spiro atoms. The Labute approximate surface area is 178 Å². The van der Waals surface area contributed by atoms with Gasteiger partial charge in [0.25, 0.3) is 0 Å². The zero-order chi connectivity index (χ0) is 20.3. The Hall–Kier alpha value is -2.56. The first kappa shape index (κ1) is 19.4. The Morgan fingerprint density at radius 3 is 2.53 bits per heavy atom. The van der Waals surface area contributed by atoms with Crippen molar-refractivity contribution in [1.29, 1.82) is 0 Å². The van der Waals surface area contributed by atoms with E-state index in [-0.39, 0.29) is 0 Å². The van der Waals surface area contributed by atoms with Gasteiger partial charge in [-0.2, -0.15) is 0 Å². The Bertz CT molecular complexity index is 943. The predicted octanol–water partition coefficient (Wildman–Crippen LogP) is 4.75. The van der Waals surface area contributed by atoms with Crippen LogP contribution in [0.2, 0.25) is 0 Å². The van der Waals surface area contributed by atoms with Gasteiger partial charge in [0.1, 0.15) is 11.5 Å². The largest absolute Gasteiger partial charge is 0.496 e. The highest BCUT2D eigenvalue weighted by molar-refractivity contribution is 5.57. The van der Waals surface area contributed by atoms with Gasteiger partial charge in [-0.25, -0.2) is 0 Å². The average molecular weight is 403 g/mol. The molecule has 1 N–H and O–H groups in total. The topological polar surface area (TPSA) is 37.6 Å². The van der Waals surface area contributed by atoms with Gasteiger partial charge in [-0.1, -0.05) is 42.5 Å². The van der Waals surface area contributed by atoms with E-state index in [2.05, 4.69) is 46.6 Å². The van der Waals surface area contributed by atoms with Gasteiger partial charge >= 0.3 is 0 Å². The van der Waals surface area contributed by atoms with Crippen molar-refractivity contribution in [3.05, 3.63) is 78.1 Å². The van der Waals surface area contributed by atoms with Crippen LogP contribution in [0.3, 0.4) is 0 Å². The molecule has 0 amide bonds. The second-order valence-electron chi connectivity index (χ2n) is 8.54. The van der Waals surface area contributed by atoms with E-state index in [1.165, 1.54) is 37.1 Å². The van der Waals surface area contributed by atoms with Gasteiger partial charge in [-0.15, -0.1) is 0 Å². The van der Waals surface area contributed by atoms with E-state index in [1.54, 1.807) is 13.4 Å². The number of rotatable bonds is 7. The van der Waals surface area contributed by atoms with Crippen molar-refractivity contribution in [3.63, 3.8) is 0 Å². The maximum absolute atomic E-state index is 5.55. The van der Waals surface area contributed by atoms with E-state index in [1.807, 2.05) is 24.3 Å². The molecule has 2 unspecified atom stereocenters. The highest BCUT2D eigenvalue weighted by Crippen LogP contribution is 2.34. The monoisotopic (exact) mass is 402 g/mol. The number of fused-ring (bicyclic) bond motifs is 3. The van der Waals surface area contributed by atoms with E-state index in [4.69, 9.17) is 9.15 Å².